The fourth-order valence-electron chi connectivity index (χ4n) is 2.96. The second-order valence-electron chi connectivity index (χ2n) is 5.23. The molecule has 0 radical (unpaired) electrons. The molecular formula is C14H16O3S. The molecule has 1 aromatic carbocycles. The summed E-state index contributed by atoms with van der Waals surface area (Å²) in [4.78, 5) is 11.7. The minimum Gasteiger partial charge on any atom is -0.300 e. The standard InChI is InChI=1S/C14H16O3S/c15-12-5-7-14(9-12)18(16,17)13-6-4-10-2-1-3-11(10)8-13/h4,6,8,14H,1-3,5,7,9H2. The van der Waals surface area contributed by atoms with E-state index in [4.69, 9.17) is 0 Å². The summed E-state index contributed by atoms with van der Waals surface area (Å²) in [5.74, 6) is 0.0738. The summed E-state index contributed by atoms with van der Waals surface area (Å²) in [6, 6.07) is 5.47. The van der Waals surface area contributed by atoms with E-state index in [1.54, 1.807) is 6.07 Å². The Morgan fingerprint density at radius 3 is 2.56 bits per heavy atom. The summed E-state index contributed by atoms with van der Waals surface area (Å²) >= 11 is 0. The number of rotatable bonds is 2. The molecule has 1 saturated carbocycles. The Hall–Kier alpha value is -1.16. The molecule has 1 unspecified atom stereocenters. The molecule has 0 saturated heterocycles. The van der Waals surface area contributed by atoms with Gasteiger partial charge in [-0.1, -0.05) is 6.07 Å². The molecule has 3 rings (SSSR count). The van der Waals surface area contributed by atoms with Crippen molar-refractivity contribution in [2.45, 2.75) is 48.7 Å². The Bertz CT molecular complexity index is 601. The molecule has 0 amide bonds. The molecule has 0 heterocycles. The Labute approximate surface area is 107 Å². The molecule has 0 N–H and O–H groups in total. The fraction of sp³-hybridized carbons (Fsp3) is 0.500. The van der Waals surface area contributed by atoms with Gasteiger partial charge in [0, 0.05) is 12.8 Å². The smallest absolute Gasteiger partial charge is 0.181 e. The highest BCUT2D eigenvalue weighted by atomic mass is 32.2. The van der Waals surface area contributed by atoms with Crippen molar-refractivity contribution in [3.63, 3.8) is 0 Å². The van der Waals surface area contributed by atoms with Gasteiger partial charge in [-0.3, -0.25) is 4.79 Å². The molecule has 4 heteroatoms. The summed E-state index contributed by atoms with van der Waals surface area (Å²) in [5, 5.41) is -0.496. The molecule has 3 nitrogen and oxygen atoms in total. The van der Waals surface area contributed by atoms with Gasteiger partial charge >= 0.3 is 0 Å². The van der Waals surface area contributed by atoms with E-state index in [9.17, 15) is 13.2 Å². The fourth-order valence-corrected chi connectivity index (χ4v) is 4.75. The molecule has 2 aliphatic carbocycles. The summed E-state index contributed by atoms with van der Waals surface area (Å²) in [5.41, 5.74) is 2.44. The van der Waals surface area contributed by atoms with E-state index in [2.05, 4.69) is 0 Å². The summed E-state index contributed by atoms with van der Waals surface area (Å²) < 4.78 is 24.9. The Morgan fingerprint density at radius 2 is 1.83 bits per heavy atom. The first-order valence-corrected chi connectivity index (χ1v) is 7.99. The summed E-state index contributed by atoms with van der Waals surface area (Å²) in [6.07, 6.45) is 4.23. The number of carbonyl (C=O) groups is 1. The lowest BCUT2D eigenvalue weighted by molar-refractivity contribution is -0.117. The maximum absolute atomic E-state index is 12.4. The van der Waals surface area contributed by atoms with E-state index < -0.39 is 15.1 Å². The second-order valence-corrected chi connectivity index (χ2v) is 7.46. The quantitative estimate of drug-likeness (QED) is 0.821. The predicted molar refractivity (Wildman–Crippen MR) is 68.3 cm³/mol. The van der Waals surface area contributed by atoms with E-state index >= 15 is 0 Å². The summed E-state index contributed by atoms with van der Waals surface area (Å²) in [6.45, 7) is 0. The lowest BCUT2D eigenvalue weighted by Gasteiger charge is -2.11. The molecule has 18 heavy (non-hydrogen) atoms. The van der Waals surface area contributed by atoms with E-state index in [1.165, 1.54) is 11.1 Å². The van der Waals surface area contributed by atoms with Gasteiger partial charge in [0.05, 0.1) is 10.1 Å². The van der Waals surface area contributed by atoms with Crippen LogP contribution in [0.2, 0.25) is 0 Å². The van der Waals surface area contributed by atoms with Crippen LogP contribution in [-0.4, -0.2) is 19.5 Å². The van der Waals surface area contributed by atoms with Crippen molar-refractivity contribution < 1.29 is 13.2 Å². The zero-order valence-electron chi connectivity index (χ0n) is 10.2. The molecule has 0 spiro atoms. The van der Waals surface area contributed by atoms with Crippen LogP contribution in [0.1, 0.15) is 36.8 Å². The van der Waals surface area contributed by atoms with Crippen molar-refractivity contribution in [2.75, 3.05) is 0 Å². The zero-order valence-corrected chi connectivity index (χ0v) is 11.0. The topological polar surface area (TPSA) is 51.2 Å². The number of sulfone groups is 1. The van der Waals surface area contributed by atoms with Crippen LogP contribution in [0.3, 0.4) is 0 Å². The predicted octanol–water partition coefficient (Wildman–Crippen LogP) is 2.07. The van der Waals surface area contributed by atoms with Gasteiger partial charge < -0.3 is 0 Å². The molecule has 96 valence electrons. The van der Waals surface area contributed by atoms with Crippen molar-refractivity contribution in [3.8, 4) is 0 Å². The average molecular weight is 264 g/mol. The number of benzene rings is 1. The Morgan fingerprint density at radius 1 is 1.06 bits per heavy atom. The number of fused-ring (bicyclic) bond motifs is 1. The van der Waals surface area contributed by atoms with E-state index in [-0.39, 0.29) is 12.2 Å². The number of aryl methyl sites for hydroxylation is 2. The van der Waals surface area contributed by atoms with Crippen LogP contribution >= 0.6 is 0 Å². The number of carbonyl (C=O) groups excluding carboxylic acids is 1. The van der Waals surface area contributed by atoms with Crippen molar-refractivity contribution in [2.24, 2.45) is 0 Å². The lowest BCUT2D eigenvalue weighted by atomic mass is 10.1. The first-order chi connectivity index (χ1) is 8.57. The number of hydrogen-bond donors (Lipinski definition) is 0. The van der Waals surface area contributed by atoms with Crippen LogP contribution in [0.15, 0.2) is 23.1 Å². The number of ketones is 1. The van der Waals surface area contributed by atoms with Gasteiger partial charge in [0.25, 0.3) is 0 Å². The monoisotopic (exact) mass is 264 g/mol. The van der Waals surface area contributed by atoms with Gasteiger partial charge in [-0.25, -0.2) is 8.42 Å². The van der Waals surface area contributed by atoms with Gasteiger partial charge in [0.15, 0.2) is 9.84 Å². The van der Waals surface area contributed by atoms with Crippen LogP contribution < -0.4 is 0 Å². The average Bonchev–Trinajstić information content (AvgIpc) is 2.96. The maximum atomic E-state index is 12.4. The highest BCUT2D eigenvalue weighted by Gasteiger charge is 2.34. The van der Waals surface area contributed by atoms with Gasteiger partial charge in [0.2, 0.25) is 0 Å². The highest BCUT2D eigenvalue weighted by molar-refractivity contribution is 7.92. The number of hydrogen-bond acceptors (Lipinski definition) is 3. The van der Waals surface area contributed by atoms with E-state index in [0.29, 0.717) is 17.7 Å². The molecule has 0 aromatic heterocycles. The van der Waals surface area contributed by atoms with Crippen LogP contribution in [-0.2, 0) is 27.5 Å². The summed E-state index contributed by atoms with van der Waals surface area (Å²) in [7, 11) is -3.31. The number of Topliss-reactive ketones (excluding diaryl/α,β-unsaturated/α-hetero) is 1. The first kappa shape index (κ1) is 11.9. The van der Waals surface area contributed by atoms with E-state index in [0.717, 1.165) is 19.3 Å². The van der Waals surface area contributed by atoms with Crippen molar-refractivity contribution >= 4 is 15.6 Å². The van der Waals surface area contributed by atoms with Crippen molar-refractivity contribution in [1.82, 2.24) is 0 Å². The Kier molecular flexibility index (Phi) is 2.77. The maximum Gasteiger partial charge on any atom is 0.181 e. The van der Waals surface area contributed by atoms with Gasteiger partial charge in [-0.15, -0.1) is 0 Å². The largest absolute Gasteiger partial charge is 0.300 e. The van der Waals surface area contributed by atoms with Crippen molar-refractivity contribution in [3.05, 3.63) is 29.3 Å². The van der Waals surface area contributed by atoms with Crippen LogP contribution in [0.4, 0.5) is 0 Å². The molecule has 1 fully saturated rings. The van der Waals surface area contributed by atoms with Crippen molar-refractivity contribution in [1.29, 1.82) is 0 Å². The van der Waals surface area contributed by atoms with Crippen LogP contribution in [0.25, 0.3) is 0 Å². The van der Waals surface area contributed by atoms with Gasteiger partial charge in [-0.05, 0) is 48.9 Å². The molecule has 2 aliphatic rings. The third kappa shape index (κ3) is 1.88. The van der Waals surface area contributed by atoms with Gasteiger partial charge in [-0.2, -0.15) is 0 Å². The lowest BCUT2D eigenvalue weighted by Crippen LogP contribution is -2.18. The van der Waals surface area contributed by atoms with Gasteiger partial charge in [0.1, 0.15) is 5.78 Å². The minimum atomic E-state index is -3.31. The molecule has 1 atom stereocenters. The second kappa shape index (κ2) is 4.19. The third-order valence-corrected chi connectivity index (χ3v) is 6.23. The third-order valence-electron chi connectivity index (χ3n) is 4.04. The first-order valence-electron chi connectivity index (χ1n) is 6.45. The van der Waals surface area contributed by atoms with Crippen LogP contribution in [0, 0.1) is 0 Å². The molecule has 1 aromatic rings. The van der Waals surface area contributed by atoms with E-state index in [1.807, 2.05) is 12.1 Å². The minimum absolute atomic E-state index is 0.0738. The molecule has 0 aliphatic heterocycles. The molecule has 0 bridgehead atoms. The normalized spacial score (nSPS) is 23.3. The Balaban J connectivity index is 1.96. The zero-order chi connectivity index (χ0) is 12.8. The highest BCUT2D eigenvalue weighted by Crippen LogP contribution is 2.31. The SMILES string of the molecule is O=C1CCC(S(=O)(=O)c2ccc3c(c2)CCC3)C1. The molecular weight excluding hydrogens is 248 g/mol. The van der Waals surface area contributed by atoms with Crippen LogP contribution in [0.5, 0.6) is 0 Å².